The highest BCUT2D eigenvalue weighted by Crippen LogP contribution is 2.66. The van der Waals surface area contributed by atoms with Crippen LogP contribution in [0.15, 0.2) is 12.2 Å². The van der Waals surface area contributed by atoms with E-state index in [9.17, 15) is 0 Å². The van der Waals surface area contributed by atoms with Crippen molar-refractivity contribution in [2.45, 2.75) is 44.9 Å². The molecular weight excluding hydrogens is 132 g/mol. The van der Waals surface area contributed by atoms with E-state index < -0.39 is 0 Å². The quantitative estimate of drug-likeness (QED) is 0.462. The van der Waals surface area contributed by atoms with Crippen LogP contribution in [0, 0.1) is 10.8 Å². The SMILES string of the molecule is C1=CC2(C1)CC1(CCCC1)C2. The lowest BCUT2D eigenvalue weighted by molar-refractivity contribution is -0.00825. The van der Waals surface area contributed by atoms with Gasteiger partial charge in [0.15, 0.2) is 0 Å². The van der Waals surface area contributed by atoms with Crippen molar-refractivity contribution < 1.29 is 0 Å². The Labute approximate surface area is 68.7 Å². The molecule has 0 aromatic heterocycles. The van der Waals surface area contributed by atoms with Gasteiger partial charge in [-0.3, -0.25) is 0 Å². The highest BCUT2D eigenvalue weighted by atomic mass is 14.6. The Morgan fingerprint density at radius 3 is 2.09 bits per heavy atom. The van der Waals surface area contributed by atoms with E-state index in [0.29, 0.717) is 0 Å². The van der Waals surface area contributed by atoms with E-state index in [1.54, 1.807) is 12.8 Å². The van der Waals surface area contributed by atoms with Gasteiger partial charge in [0.25, 0.3) is 0 Å². The number of hydrogen-bond donors (Lipinski definition) is 0. The van der Waals surface area contributed by atoms with Crippen LogP contribution in [-0.4, -0.2) is 0 Å². The largest absolute Gasteiger partial charge is 0.0871 e. The second kappa shape index (κ2) is 1.73. The van der Waals surface area contributed by atoms with E-state index in [4.69, 9.17) is 0 Å². The lowest BCUT2D eigenvalue weighted by atomic mass is 9.48. The molecule has 11 heavy (non-hydrogen) atoms. The Bertz CT molecular complexity index is 198. The molecule has 2 spiro atoms. The summed E-state index contributed by atoms with van der Waals surface area (Å²) < 4.78 is 0. The van der Waals surface area contributed by atoms with Crippen LogP contribution in [0.5, 0.6) is 0 Å². The molecule has 0 atom stereocenters. The molecule has 60 valence electrons. The molecule has 0 aromatic rings. The Kier molecular flexibility index (Phi) is 0.987. The zero-order chi connectivity index (χ0) is 7.36. The zero-order valence-corrected chi connectivity index (χ0v) is 7.10. The molecule has 0 saturated heterocycles. The molecular formula is C11H16. The van der Waals surface area contributed by atoms with Crippen LogP contribution < -0.4 is 0 Å². The second-order valence-corrected chi connectivity index (χ2v) is 5.03. The van der Waals surface area contributed by atoms with Crippen molar-refractivity contribution >= 4 is 0 Å². The molecule has 3 rings (SSSR count). The first-order valence-corrected chi connectivity index (χ1v) is 5.01. The maximum Gasteiger partial charge on any atom is -0.00732 e. The first kappa shape index (κ1) is 6.28. The van der Waals surface area contributed by atoms with Gasteiger partial charge in [0.2, 0.25) is 0 Å². The highest BCUT2D eigenvalue weighted by molar-refractivity contribution is 5.22. The number of allylic oxidation sites excluding steroid dienone is 2. The third kappa shape index (κ3) is 0.706. The van der Waals surface area contributed by atoms with Gasteiger partial charge in [0.1, 0.15) is 0 Å². The molecule has 0 aliphatic heterocycles. The van der Waals surface area contributed by atoms with E-state index in [0.717, 1.165) is 10.8 Å². The zero-order valence-electron chi connectivity index (χ0n) is 7.10. The van der Waals surface area contributed by atoms with E-state index in [1.807, 2.05) is 0 Å². The minimum Gasteiger partial charge on any atom is -0.0871 e. The number of hydrogen-bond acceptors (Lipinski definition) is 0. The Morgan fingerprint density at radius 1 is 1.00 bits per heavy atom. The summed E-state index contributed by atoms with van der Waals surface area (Å²) in [4.78, 5) is 0. The molecule has 0 radical (unpaired) electrons. The molecule has 3 aliphatic carbocycles. The van der Waals surface area contributed by atoms with Crippen LogP contribution in [0.1, 0.15) is 44.9 Å². The first-order valence-electron chi connectivity index (χ1n) is 5.01. The highest BCUT2D eigenvalue weighted by Gasteiger charge is 2.54. The maximum atomic E-state index is 2.47. The summed E-state index contributed by atoms with van der Waals surface area (Å²) in [5.74, 6) is 0. The Balaban J connectivity index is 1.74. The normalized spacial score (nSPS) is 35.6. The fraction of sp³-hybridized carbons (Fsp3) is 0.818. The molecule has 0 aromatic carbocycles. The predicted octanol–water partition coefficient (Wildman–Crippen LogP) is 3.29. The minimum atomic E-state index is 0.740. The average molecular weight is 148 g/mol. The molecule has 0 bridgehead atoms. The van der Waals surface area contributed by atoms with Gasteiger partial charge >= 0.3 is 0 Å². The van der Waals surface area contributed by atoms with Gasteiger partial charge in [-0.25, -0.2) is 0 Å². The van der Waals surface area contributed by atoms with Gasteiger partial charge < -0.3 is 0 Å². The first-order chi connectivity index (χ1) is 5.33. The second-order valence-electron chi connectivity index (χ2n) is 5.03. The third-order valence-corrected chi connectivity index (χ3v) is 4.11. The van der Waals surface area contributed by atoms with Crippen LogP contribution in [0.2, 0.25) is 0 Å². The van der Waals surface area contributed by atoms with Crippen LogP contribution in [-0.2, 0) is 0 Å². The van der Waals surface area contributed by atoms with E-state index >= 15 is 0 Å². The van der Waals surface area contributed by atoms with Crippen molar-refractivity contribution in [2.24, 2.45) is 10.8 Å². The fourth-order valence-corrected chi connectivity index (χ4v) is 3.63. The summed E-state index contributed by atoms with van der Waals surface area (Å²) in [6, 6.07) is 0. The minimum absolute atomic E-state index is 0.740. The smallest absolute Gasteiger partial charge is 0.00732 e. The van der Waals surface area contributed by atoms with Crippen molar-refractivity contribution in [1.82, 2.24) is 0 Å². The molecule has 0 N–H and O–H groups in total. The van der Waals surface area contributed by atoms with Crippen molar-refractivity contribution in [3.05, 3.63) is 12.2 Å². The molecule has 0 heterocycles. The summed E-state index contributed by atoms with van der Waals surface area (Å²) in [6.45, 7) is 0. The predicted molar refractivity (Wildman–Crippen MR) is 46.3 cm³/mol. The van der Waals surface area contributed by atoms with E-state index in [-0.39, 0.29) is 0 Å². The molecule has 2 fully saturated rings. The van der Waals surface area contributed by atoms with Crippen LogP contribution in [0.4, 0.5) is 0 Å². The van der Waals surface area contributed by atoms with E-state index in [1.165, 1.54) is 32.1 Å². The van der Waals surface area contributed by atoms with Crippen molar-refractivity contribution in [1.29, 1.82) is 0 Å². The monoisotopic (exact) mass is 148 g/mol. The van der Waals surface area contributed by atoms with Crippen molar-refractivity contribution in [3.63, 3.8) is 0 Å². The lowest BCUT2D eigenvalue weighted by Crippen LogP contribution is -2.46. The molecule has 0 nitrogen and oxygen atoms in total. The topological polar surface area (TPSA) is 0 Å². The lowest BCUT2D eigenvalue weighted by Gasteiger charge is -2.57. The summed E-state index contributed by atoms with van der Waals surface area (Å²) in [7, 11) is 0. The number of rotatable bonds is 0. The van der Waals surface area contributed by atoms with Gasteiger partial charge in [0, 0.05) is 0 Å². The molecule has 0 unspecified atom stereocenters. The van der Waals surface area contributed by atoms with Crippen LogP contribution in [0.25, 0.3) is 0 Å². The Hall–Kier alpha value is -0.260. The molecule has 0 heteroatoms. The average Bonchev–Trinajstić information content (AvgIpc) is 2.25. The summed E-state index contributed by atoms with van der Waals surface area (Å²) in [5.41, 5.74) is 1.59. The summed E-state index contributed by atoms with van der Waals surface area (Å²) >= 11 is 0. The van der Waals surface area contributed by atoms with Crippen LogP contribution >= 0.6 is 0 Å². The molecule has 2 saturated carbocycles. The van der Waals surface area contributed by atoms with Crippen molar-refractivity contribution in [3.8, 4) is 0 Å². The van der Waals surface area contributed by atoms with Gasteiger partial charge in [0.05, 0.1) is 0 Å². The van der Waals surface area contributed by atoms with Crippen LogP contribution in [0.3, 0.4) is 0 Å². The summed E-state index contributed by atoms with van der Waals surface area (Å²) in [5, 5.41) is 0. The molecule has 0 amide bonds. The summed E-state index contributed by atoms with van der Waals surface area (Å²) in [6.07, 6.45) is 15.4. The van der Waals surface area contributed by atoms with Gasteiger partial charge in [-0.05, 0) is 42.9 Å². The van der Waals surface area contributed by atoms with Gasteiger partial charge in [-0.2, -0.15) is 0 Å². The van der Waals surface area contributed by atoms with Gasteiger partial charge in [-0.15, -0.1) is 0 Å². The van der Waals surface area contributed by atoms with Crippen molar-refractivity contribution in [2.75, 3.05) is 0 Å². The maximum absolute atomic E-state index is 2.47. The third-order valence-electron chi connectivity index (χ3n) is 4.11. The van der Waals surface area contributed by atoms with Gasteiger partial charge in [-0.1, -0.05) is 25.0 Å². The fourth-order valence-electron chi connectivity index (χ4n) is 3.63. The molecule has 3 aliphatic rings. The standard InChI is InChI=1S/C11H16/c1-2-5-10(4-1)8-11(9-10)6-3-7-11/h3,6H,1-2,4-5,7-9H2. The van der Waals surface area contributed by atoms with E-state index in [2.05, 4.69) is 12.2 Å². The Morgan fingerprint density at radius 2 is 1.64 bits per heavy atom.